The molecule has 4 nitrogen and oxygen atoms in total. The van der Waals surface area contributed by atoms with Crippen molar-refractivity contribution in [1.29, 1.82) is 0 Å². The Morgan fingerprint density at radius 1 is 1.33 bits per heavy atom. The molecule has 15 heavy (non-hydrogen) atoms. The fraction of sp³-hybridized carbons (Fsp3) is 0.200. The quantitative estimate of drug-likeness (QED) is 0.921. The number of aliphatic hydroxyl groups is 1. The van der Waals surface area contributed by atoms with Crippen LogP contribution < -0.4 is 0 Å². The van der Waals surface area contributed by atoms with Crippen LogP contribution >= 0.6 is 15.9 Å². The van der Waals surface area contributed by atoms with Crippen molar-refractivity contribution in [3.63, 3.8) is 0 Å². The van der Waals surface area contributed by atoms with E-state index in [1.165, 1.54) is 0 Å². The summed E-state index contributed by atoms with van der Waals surface area (Å²) >= 11 is 3.47. The van der Waals surface area contributed by atoms with Gasteiger partial charge in [-0.1, -0.05) is 39.3 Å². The number of nitrogens with zero attached hydrogens (tertiary/aromatic N) is 3. The van der Waals surface area contributed by atoms with E-state index in [-0.39, 0.29) is 6.61 Å². The second-order valence-corrected chi connectivity index (χ2v) is 3.90. The van der Waals surface area contributed by atoms with E-state index in [0.29, 0.717) is 6.54 Å². The van der Waals surface area contributed by atoms with Gasteiger partial charge in [-0.25, -0.2) is 4.68 Å². The van der Waals surface area contributed by atoms with Crippen LogP contribution in [0.4, 0.5) is 0 Å². The molecule has 0 bridgehead atoms. The van der Waals surface area contributed by atoms with Crippen molar-refractivity contribution in [2.45, 2.75) is 6.54 Å². The van der Waals surface area contributed by atoms with Gasteiger partial charge in [0.05, 0.1) is 25.0 Å². The largest absolute Gasteiger partial charge is 0.394 e. The molecule has 1 heterocycles. The van der Waals surface area contributed by atoms with Crippen molar-refractivity contribution < 1.29 is 5.11 Å². The maximum Gasteiger partial charge on any atom is 0.0897 e. The second-order valence-electron chi connectivity index (χ2n) is 3.05. The van der Waals surface area contributed by atoms with Crippen molar-refractivity contribution >= 4 is 15.9 Å². The first kappa shape index (κ1) is 10.3. The molecule has 0 spiro atoms. The lowest BCUT2D eigenvalue weighted by Crippen LogP contribution is -2.05. The van der Waals surface area contributed by atoms with Crippen molar-refractivity contribution in [1.82, 2.24) is 15.0 Å². The predicted octanol–water partition coefficient (Wildman–Crippen LogP) is 1.70. The monoisotopic (exact) mass is 267 g/mol. The molecule has 0 atom stereocenters. The zero-order valence-corrected chi connectivity index (χ0v) is 9.55. The van der Waals surface area contributed by atoms with E-state index in [0.717, 1.165) is 15.7 Å². The minimum Gasteiger partial charge on any atom is -0.394 e. The molecule has 1 N–H and O–H groups in total. The van der Waals surface area contributed by atoms with Crippen LogP contribution in [0.5, 0.6) is 0 Å². The Labute approximate surface area is 95.7 Å². The molecule has 0 aliphatic rings. The van der Waals surface area contributed by atoms with Crippen molar-refractivity contribution in [3.05, 3.63) is 34.9 Å². The summed E-state index contributed by atoms with van der Waals surface area (Å²) < 4.78 is 2.67. The van der Waals surface area contributed by atoms with Gasteiger partial charge in [-0.15, -0.1) is 5.10 Å². The summed E-state index contributed by atoms with van der Waals surface area (Å²) in [6.45, 7) is 0.511. The van der Waals surface area contributed by atoms with Crippen molar-refractivity contribution in [3.8, 4) is 11.3 Å². The van der Waals surface area contributed by atoms with Gasteiger partial charge in [0, 0.05) is 10.0 Å². The Kier molecular flexibility index (Phi) is 3.13. The lowest BCUT2D eigenvalue weighted by Gasteiger charge is -2.05. The highest BCUT2D eigenvalue weighted by Gasteiger charge is 2.08. The number of hydrogen-bond acceptors (Lipinski definition) is 3. The molecule has 0 radical (unpaired) electrons. The highest BCUT2D eigenvalue weighted by molar-refractivity contribution is 9.10. The Morgan fingerprint density at radius 3 is 2.87 bits per heavy atom. The second kappa shape index (κ2) is 4.55. The topological polar surface area (TPSA) is 50.9 Å². The maximum atomic E-state index is 8.88. The van der Waals surface area contributed by atoms with Gasteiger partial charge >= 0.3 is 0 Å². The van der Waals surface area contributed by atoms with Crippen LogP contribution in [0.1, 0.15) is 0 Å². The molecule has 5 heteroatoms. The van der Waals surface area contributed by atoms with E-state index >= 15 is 0 Å². The van der Waals surface area contributed by atoms with Gasteiger partial charge in [0.1, 0.15) is 0 Å². The minimum absolute atomic E-state index is 0.0564. The average Bonchev–Trinajstić information content (AvgIpc) is 2.67. The van der Waals surface area contributed by atoms with Gasteiger partial charge in [0.2, 0.25) is 0 Å². The van der Waals surface area contributed by atoms with E-state index in [9.17, 15) is 0 Å². The number of halogens is 1. The summed E-state index contributed by atoms with van der Waals surface area (Å²) in [7, 11) is 0. The van der Waals surface area contributed by atoms with Crippen LogP contribution in [-0.4, -0.2) is 26.7 Å². The normalized spacial score (nSPS) is 10.5. The standard InChI is InChI=1S/C10H10BrN3O/c11-9-4-2-1-3-8(9)10-7-12-13-14(10)5-6-15/h1-4,7,15H,5-6H2. The first-order valence-corrected chi connectivity index (χ1v) is 5.36. The molecule has 0 amide bonds. The predicted molar refractivity (Wildman–Crippen MR) is 60.2 cm³/mol. The van der Waals surface area contributed by atoms with Crippen LogP contribution in [0.2, 0.25) is 0 Å². The molecule has 1 aromatic carbocycles. The molecule has 0 saturated heterocycles. The van der Waals surface area contributed by atoms with E-state index < -0.39 is 0 Å². The third-order valence-electron chi connectivity index (χ3n) is 2.08. The third kappa shape index (κ3) is 2.08. The summed E-state index contributed by atoms with van der Waals surface area (Å²) in [6.07, 6.45) is 1.69. The smallest absolute Gasteiger partial charge is 0.0897 e. The molecule has 0 saturated carbocycles. The summed E-state index contributed by atoms with van der Waals surface area (Å²) in [5.41, 5.74) is 1.92. The van der Waals surface area contributed by atoms with Crippen LogP contribution in [-0.2, 0) is 6.54 Å². The van der Waals surface area contributed by atoms with Gasteiger partial charge < -0.3 is 5.11 Å². The number of aliphatic hydroxyl groups excluding tert-OH is 1. The summed E-state index contributed by atoms with van der Waals surface area (Å²) in [6, 6.07) is 7.85. The maximum absolute atomic E-state index is 8.88. The summed E-state index contributed by atoms with van der Waals surface area (Å²) in [5, 5.41) is 16.6. The van der Waals surface area contributed by atoms with Crippen LogP contribution in [0.15, 0.2) is 34.9 Å². The van der Waals surface area contributed by atoms with E-state index in [1.54, 1.807) is 10.9 Å². The molecular weight excluding hydrogens is 258 g/mol. The molecule has 78 valence electrons. The highest BCUT2D eigenvalue weighted by atomic mass is 79.9. The number of aromatic nitrogens is 3. The van der Waals surface area contributed by atoms with Gasteiger partial charge in [-0.05, 0) is 6.07 Å². The Bertz CT molecular complexity index is 455. The van der Waals surface area contributed by atoms with Crippen LogP contribution in [0.3, 0.4) is 0 Å². The molecule has 0 fully saturated rings. The third-order valence-corrected chi connectivity index (χ3v) is 2.77. The van der Waals surface area contributed by atoms with Gasteiger partial charge in [0.15, 0.2) is 0 Å². The zero-order chi connectivity index (χ0) is 10.7. The molecule has 1 aromatic heterocycles. The summed E-state index contributed by atoms with van der Waals surface area (Å²) in [4.78, 5) is 0. The number of benzene rings is 1. The Balaban J connectivity index is 2.45. The van der Waals surface area contributed by atoms with Gasteiger partial charge in [0.25, 0.3) is 0 Å². The lowest BCUT2D eigenvalue weighted by molar-refractivity contribution is 0.269. The molecule has 2 rings (SSSR count). The van der Waals surface area contributed by atoms with Crippen molar-refractivity contribution in [2.75, 3.05) is 6.61 Å². The first-order chi connectivity index (χ1) is 7.33. The summed E-state index contributed by atoms with van der Waals surface area (Å²) in [5.74, 6) is 0. The Hall–Kier alpha value is -1.20. The highest BCUT2D eigenvalue weighted by Crippen LogP contribution is 2.26. The number of hydrogen-bond donors (Lipinski definition) is 1. The van der Waals surface area contributed by atoms with Crippen molar-refractivity contribution in [2.24, 2.45) is 0 Å². The fourth-order valence-electron chi connectivity index (χ4n) is 1.40. The molecular formula is C10H10BrN3O. The zero-order valence-electron chi connectivity index (χ0n) is 7.97. The van der Waals surface area contributed by atoms with E-state index in [2.05, 4.69) is 26.2 Å². The van der Waals surface area contributed by atoms with Gasteiger partial charge in [-0.3, -0.25) is 0 Å². The van der Waals surface area contributed by atoms with E-state index in [1.807, 2.05) is 24.3 Å². The van der Waals surface area contributed by atoms with Crippen LogP contribution in [0.25, 0.3) is 11.3 Å². The van der Waals surface area contributed by atoms with E-state index in [4.69, 9.17) is 5.11 Å². The van der Waals surface area contributed by atoms with Crippen LogP contribution in [0, 0.1) is 0 Å². The number of rotatable bonds is 3. The first-order valence-electron chi connectivity index (χ1n) is 4.57. The molecule has 0 aliphatic carbocycles. The average molecular weight is 268 g/mol. The SMILES string of the molecule is OCCn1nncc1-c1ccccc1Br. The van der Waals surface area contributed by atoms with Gasteiger partial charge in [-0.2, -0.15) is 0 Å². The Morgan fingerprint density at radius 2 is 2.13 bits per heavy atom. The fourth-order valence-corrected chi connectivity index (χ4v) is 1.88. The molecule has 2 aromatic rings. The molecule has 0 unspecified atom stereocenters. The minimum atomic E-state index is 0.0564. The lowest BCUT2D eigenvalue weighted by atomic mass is 10.2. The molecule has 0 aliphatic heterocycles.